The fraction of sp³-hybridized carbons (Fsp3) is 0.111. The van der Waals surface area contributed by atoms with Gasteiger partial charge < -0.3 is 4.74 Å². The quantitative estimate of drug-likeness (QED) is 0.435. The van der Waals surface area contributed by atoms with Crippen molar-refractivity contribution in [1.82, 2.24) is 4.98 Å². The highest BCUT2D eigenvalue weighted by molar-refractivity contribution is 5.88. The van der Waals surface area contributed by atoms with Crippen molar-refractivity contribution in [3.8, 4) is 11.8 Å². The Morgan fingerprint density at radius 2 is 2.38 bits per heavy atom. The molecule has 1 rings (SSSR count). The number of halogens is 1. The number of ether oxygens (including phenoxy) is 1. The Hall–Kier alpha value is -1.89. The lowest BCUT2D eigenvalue weighted by atomic mass is 10.3. The van der Waals surface area contributed by atoms with Crippen LogP contribution in [0.2, 0.25) is 0 Å². The first kappa shape index (κ1) is 9.20. The summed E-state index contributed by atoms with van der Waals surface area (Å²) in [6.45, 7) is 0. The Kier molecular flexibility index (Phi) is 2.98. The van der Waals surface area contributed by atoms with Crippen molar-refractivity contribution in [3.63, 3.8) is 0 Å². The average Bonchev–Trinajstić information content (AvgIpc) is 2.14. The van der Waals surface area contributed by atoms with Gasteiger partial charge in [-0.3, -0.25) is 4.98 Å². The van der Waals surface area contributed by atoms with Gasteiger partial charge in [-0.1, -0.05) is 5.92 Å². The van der Waals surface area contributed by atoms with E-state index < -0.39 is 11.8 Å². The highest BCUT2D eigenvalue weighted by Crippen LogP contribution is 1.97. The van der Waals surface area contributed by atoms with Gasteiger partial charge in [-0.05, 0) is 6.07 Å². The number of carbonyl (C=O) groups is 1. The van der Waals surface area contributed by atoms with Gasteiger partial charge in [0.05, 0.1) is 13.3 Å². The van der Waals surface area contributed by atoms with E-state index in [2.05, 4.69) is 21.6 Å². The minimum Gasteiger partial charge on any atom is -0.459 e. The third-order valence-electron chi connectivity index (χ3n) is 1.20. The molecule has 0 amide bonds. The smallest absolute Gasteiger partial charge is 0.384 e. The molecule has 1 aromatic rings. The molecular weight excluding hydrogens is 173 g/mol. The van der Waals surface area contributed by atoms with Gasteiger partial charge in [-0.2, -0.15) is 0 Å². The number of rotatable bonds is 0. The molecule has 0 aliphatic heterocycles. The predicted molar refractivity (Wildman–Crippen MR) is 43.1 cm³/mol. The van der Waals surface area contributed by atoms with Crippen LogP contribution in [0.4, 0.5) is 4.39 Å². The summed E-state index contributed by atoms with van der Waals surface area (Å²) < 4.78 is 16.8. The van der Waals surface area contributed by atoms with E-state index in [4.69, 9.17) is 0 Å². The minimum atomic E-state index is -0.663. The van der Waals surface area contributed by atoms with E-state index in [0.29, 0.717) is 5.56 Å². The molecule has 4 heteroatoms. The first-order chi connectivity index (χ1) is 6.22. The molecule has 0 unspecified atom stereocenters. The number of carbonyl (C=O) groups excluding carboxylic acids is 1. The van der Waals surface area contributed by atoms with Crippen LogP contribution in [0.1, 0.15) is 5.56 Å². The number of nitrogens with zero attached hydrogens (tertiary/aromatic N) is 1. The van der Waals surface area contributed by atoms with Crippen LogP contribution < -0.4 is 0 Å². The average molecular weight is 179 g/mol. The summed E-state index contributed by atoms with van der Waals surface area (Å²) in [4.78, 5) is 14.1. The Bertz CT molecular complexity index is 379. The summed E-state index contributed by atoms with van der Waals surface area (Å²) in [5.74, 6) is 3.42. The SMILES string of the molecule is COC(=O)C#Cc1cncc(F)c1. The Morgan fingerprint density at radius 3 is 3.00 bits per heavy atom. The van der Waals surface area contributed by atoms with E-state index in [0.717, 1.165) is 6.20 Å². The van der Waals surface area contributed by atoms with E-state index in [1.54, 1.807) is 0 Å². The van der Waals surface area contributed by atoms with E-state index in [9.17, 15) is 9.18 Å². The number of aromatic nitrogens is 1. The van der Waals surface area contributed by atoms with Crippen LogP contribution in [-0.4, -0.2) is 18.1 Å². The van der Waals surface area contributed by atoms with E-state index in [-0.39, 0.29) is 0 Å². The fourth-order valence-electron chi connectivity index (χ4n) is 0.654. The number of hydrogen-bond acceptors (Lipinski definition) is 3. The highest BCUT2D eigenvalue weighted by atomic mass is 19.1. The van der Waals surface area contributed by atoms with E-state index in [1.807, 2.05) is 0 Å². The fourth-order valence-corrected chi connectivity index (χ4v) is 0.654. The molecule has 13 heavy (non-hydrogen) atoms. The standard InChI is InChI=1S/C9H6FNO2/c1-13-9(12)3-2-7-4-8(10)6-11-5-7/h4-6H,1H3. The lowest BCUT2D eigenvalue weighted by molar-refractivity contribution is -0.133. The second-order valence-corrected chi connectivity index (χ2v) is 2.13. The van der Waals surface area contributed by atoms with Crippen molar-refractivity contribution in [2.75, 3.05) is 7.11 Å². The van der Waals surface area contributed by atoms with Crippen molar-refractivity contribution in [3.05, 3.63) is 29.8 Å². The zero-order chi connectivity index (χ0) is 9.68. The first-order valence-corrected chi connectivity index (χ1v) is 3.43. The van der Waals surface area contributed by atoms with Gasteiger partial charge in [0.1, 0.15) is 5.82 Å². The number of hydrogen-bond donors (Lipinski definition) is 0. The number of pyridine rings is 1. The molecule has 0 spiro atoms. The van der Waals surface area contributed by atoms with E-state index >= 15 is 0 Å². The Balaban J connectivity index is 2.83. The third-order valence-corrected chi connectivity index (χ3v) is 1.20. The molecule has 0 aliphatic carbocycles. The van der Waals surface area contributed by atoms with Gasteiger partial charge in [0.2, 0.25) is 0 Å². The summed E-state index contributed by atoms with van der Waals surface area (Å²) in [5, 5.41) is 0. The maximum absolute atomic E-state index is 12.5. The zero-order valence-corrected chi connectivity index (χ0v) is 6.87. The van der Waals surface area contributed by atoms with Crippen LogP contribution in [-0.2, 0) is 9.53 Å². The second-order valence-electron chi connectivity index (χ2n) is 2.13. The predicted octanol–water partition coefficient (Wildman–Crippen LogP) is 0.745. The normalized spacial score (nSPS) is 8.46. The topological polar surface area (TPSA) is 39.2 Å². The molecule has 0 aromatic carbocycles. The molecular formula is C9H6FNO2. The van der Waals surface area contributed by atoms with Gasteiger partial charge in [0.25, 0.3) is 0 Å². The largest absolute Gasteiger partial charge is 0.459 e. The van der Waals surface area contributed by atoms with Gasteiger partial charge in [0.15, 0.2) is 0 Å². The van der Waals surface area contributed by atoms with Crippen LogP contribution in [0.5, 0.6) is 0 Å². The summed E-state index contributed by atoms with van der Waals surface area (Å²) >= 11 is 0. The van der Waals surface area contributed by atoms with Crippen LogP contribution in [0, 0.1) is 17.7 Å². The molecule has 0 bridgehead atoms. The summed E-state index contributed by atoms with van der Waals surface area (Å²) in [7, 11) is 1.22. The highest BCUT2D eigenvalue weighted by Gasteiger charge is 1.93. The van der Waals surface area contributed by atoms with Gasteiger partial charge in [-0.15, -0.1) is 0 Å². The van der Waals surface area contributed by atoms with Crippen molar-refractivity contribution in [1.29, 1.82) is 0 Å². The second kappa shape index (κ2) is 4.21. The van der Waals surface area contributed by atoms with Gasteiger partial charge in [0, 0.05) is 17.7 Å². The molecule has 1 aromatic heterocycles. The lowest BCUT2D eigenvalue weighted by Gasteiger charge is -1.88. The summed E-state index contributed by atoms with van der Waals surface area (Å²) in [6.07, 6.45) is 2.42. The summed E-state index contributed by atoms with van der Waals surface area (Å²) in [5.41, 5.74) is 0.338. The minimum absolute atomic E-state index is 0.338. The van der Waals surface area contributed by atoms with Gasteiger partial charge in [-0.25, -0.2) is 9.18 Å². The number of esters is 1. The summed E-state index contributed by atoms with van der Waals surface area (Å²) in [6, 6.07) is 1.18. The Morgan fingerprint density at radius 1 is 1.62 bits per heavy atom. The molecule has 0 saturated carbocycles. The van der Waals surface area contributed by atoms with E-state index in [1.165, 1.54) is 19.4 Å². The van der Waals surface area contributed by atoms with Gasteiger partial charge >= 0.3 is 5.97 Å². The van der Waals surface area contributed by atoms with Crippen molar-refractivity contribution in [2.24, 2.45) is 0 Å². The molecule has 3 nitrogen and oxygen atoms in total. The first-order valence-electron chi connectivity index (χ1n) is 3.43. The molecule has 0 fully saturated rings. The molecule has 0 atom stereocenters. The zero-order valence-electron chi connectivity index (χ0n) is 6.87. The maximum atomic E-state index is 12.5. The van der Waals surface area contributed by atoms with Crippen LogP contribution >= 0.6 is 0 Å². The molecule has 0 N–H and O–H groups in total. The Labute approximate surface area is 74.6 Å². The van der Waals surface area contributed by atoms with Crippen LogP contribution in [0.3, 0.4) is 0 Å². The van der Waals surface area contributed by atoms with Crippen molar-refractivity contribution in [2.45, 2.75) is 0 Å². The monoisotopic (exact) mass is 179 g/mol. The third kappa shape index (κ3) is 2.91. The van der Waals surface area contributed by atoms with Crippen LogP contribution in [0.15, 0.2) is 18.5 Å². The molecule has 0 saturated heterocycles. The number of methoxy groups -OCH3 is 1. The molecule has 1 heterocycles. The van der Waals surface area contributed by atoms with Crippen molar-refractivity contribution >= 4 is 5.97 Å². The molecule has 0 radical (unpaired) electrons. The lowest BCUT2D eigenvalue weighted by Crippen LogP contribution is -1.94. The molecule has 66 valence electrons. The maximum Gasteiger partial charge on any atom is 0.384 e. The molecule has 0 aliphatic rings. The van der Waals surface area contributed by atoms with Crippen LogP contribution in [0.25, 0.3) is 0 Å². The van der Waals surface area contributed by atoms with Crippen molar-refractivity contribution < 1.29 is 13.9 Å².